The van der Waals surface area contributed by atoms with Crippen molar-refractivity contribution >= 4 is 11.9 Å². The lowest BCUT2D eigenvalue weighted by atomic mass is 10.1. The Morgan fingerprint density at radius 1 is 1.36 bits per heavy atom. The summed E-state index contributed by atoms with van der Waals surface area (Å²) in [5, 5.41) is 15.5. The molecule has 0 aliphatic rings. The molecule has 0 amide bonds. The molecule has 0 aromatic heterocycles. The molecule has 0 aromatic carbocycles. The molecular formula is C9H19N3O2. The van der Waals surface area contributed by atoms with E-state index in [2.05, 4.69) is 0 Å². The molecule has 0 saturated heterocycles. The van der Waals surface area contributed by atoms with Gasteiger partial charge in [-0.3, -0.25) is 10.2 Å². The van der Waals surface area contributed by atoms with Crippen LogP contribution in [0.2, 0.25) is 0 Å². The van der Waals surface area contributed by atoms with Gasteiger partial charge in [0.25, 0.3) is 0 Å². The highest BCUT2D eigenvalue weighted by molar-refractivity contribution is 5.74. The lowest BCUT2D eigenvalue weighted by Crippen LogP contribution is -2.33. The summed E-state index contributed by atoms with van der Waals surface area (Å²) in [6, 6.07) is 0. The second kappa shape index (κ2) is 7.17. The molecule has 5 nitrogen and oxygen atoms in total. The van der Waals surface area contributed by atoms with Crippen molar-refractivity contribution in [2.24, 2.45) is 5.73 Å². The molecule has 0 unspecified atom stereocenters. The molecule has 0 saturated carbocycles. The van der Waals surface area contributed by atoms with Crippen molar-refractivity contribution < 1.29 is 9.90 Å². The Morgan fingerprint density at radius 2 is 1.93 bits per heavy atom. The van der Waals surface area contributed by atoms with Gasteiger partial charge < -0.3 is 15.7 Å². The monoisotopic (exact) mass is 201 g/mol. The largest absolute Gasteiger partial charge is 0.481 e. The Balaban J connectivity index is 3.21. The Bertz CT molecular complexity index is 194. The minimum Gasteiger partial charge on any atom is -0.481 e. The number of nitrogens with one attached hydrogen (secondary N) is 1. The number of carboxylic acids is 1. The van der Waals surface area contributed by atoms with Gasteiger partial charge in [0.05, 0.1) is 0 Å². The number of unbranched alkanes of at least 4 members (excludes halogenated alkanes) is 3. The SMILES string of the molecule is CN(CCCCCCC(=O)O)C(=N)N. The van der Waals surface area contributed by atoms with Crippen LogP contribution in [0, 0.1) is 5.41 Å². The Morgan fingerprint density at radius 3 is 2.43 bits per heavy atom. The smallest absolute Gasteiger partial charge is 0.303 e. The van der Waals surface area contributed by atoms with Crippen molar-refractivity contribution in [2.45, 2.75) is 32.1 Å². The fraction of sp³-hybridized carbons (Fsp3) is 0.778. The lowest BCUT2D eigenvalue weighted by Gasteiger charge is -2.15. The van der Waals surface area contributed by atoms with E-state index < -0.39 is 5.97 Å². The van der Waals surface area contributed by atoms with Crippen LogP contribution >= 0.6 is 0 Å². The van der Waals surface area contributed by atoms with Gasteiger partial charge in [0, 0.05) is 20.0 Å². The molecule has 0 bridgehead atoms. The van der Waals surface area contributed by atoms with E-state index in [1.807, 2.05) is 0 Å². The number of guanidine groups is 1. The minimum absolute atomic E-state index is 0.0792. The van der Waals surface area contributed by atoms with Gasteiger partial charge in [0.2, 0.25) is 0 Å². The van der Waals surface area contributed by atoms with Crippen molar-refractivity contribution in [3.8, 4) is 0 Å². The van der Waals surface area contributed by atoms with E-state index in [1.165, 1.54) is 0 Å². The molecule has 0 aliphatic carbocycles. The van der Waals surface area contributed by atoms with Gasteiger partial charge in [0.15, 0.2) is 5.96 Å². The van der Waals surface area contributed by atoms with Crippen molar-refractivity contribution in [1.29, 1.82) is 5.41 Å². The molecule has 82 valence electrons. The van der Waals surface area contributed by atoms with Crippen molar-refractivity contribution in [2.75, 3.05) is 13.6 Å². The van der Waals surface area contributed by atoms with Crippen LogP contribution in [0.4, 0.5) is 0 Å². The van der Waals surface area contributed by atoms with Gasteiger partial charge in [0.1, 0.15) is 0 Å². The van der Waals surface area contributed by atoms with Gasteiger partial charge in [-0.25, -0.2) is 0 Å². The first-order chi connectivity index (χ1) is 6.54. The van der Waals surface area contributed by atoms with Gasteiger partial charge in [-0.05, 0) is 12.8 Å². The van der Waals surface area contributed by atoms with Crippen LogP contribution in [-0.4, -0.2) is 35.5 Å². The number of hydrogen-bond donors (Lipinski definition) is 3. The third-order valence-electron chi connectivity index (χ3n) is 2.05. The molecular weight excluding hydrogens is 182 g/mol. The third kappa shape index (κ3) is 7.39. The molecule has 0 fully saturated rings. The maximum atomic E-state index is 10.2. The topological polar surface area (TPSA) is 90.4 Å². The van der Waals surface area contributed by atoms with Crippen LogP contribution in [0.5, 0.6) is 0 Å². The number of carbonyl (C=O) groups is 1. The van der Waals surface area contributed by atoms with Crippen molar-refractivity contribution in [1.82, 2.24) is 4.90 Å². The number of nitrogens with two attached hydrogens (primary N) is 1. The third-order valence-corrected chi connectivity index (χ3v) is 2.05. The van der Waals surface area contributed by atoms with E-state index in [-0.39, 0.29) is 12.4 Å². The van der Waals surface area contributed by atoms with Gasteiger partial charge in [-0.2, -0.15) is 0 Å². The summed E-state index contributed by atoms with van der Waals surface area (Å²) >= 11 is 0. The lowest BCUT2D eigenvalue weighted by molar-refractivity contribution is -0.137. The van der Waals surface area contributed by atoms with Gasteiger partial charge in [-0.15, -0.1) is 0 Å². The molecule has 0 spiro atoms. The summed E-state index contributed by atoms with van der Waals surface area (Å²) in [6.45, 7) is 0.766. The highest BCUT2D eigenvalue weighted by Gasteiger charge is 1.99. The van der Waals surface area contributed by atoms with Crippen molar-refractivity contribution in [3.05, 3.63) is 0 Å². The molecule has 0 radical (unpaired) electrons. The second-order valence-electron chi connectivity index (χ2n) is 3.36. The summed E-state index contributed by atoms with van der Waals surface area (Å²) in [7, 11) is 1.78. The van der Waals surface area contributed by atoms with Gasteiger partial charge in [-0.1, -0.05) is 12.8 Å². The summed E-state index contributed by atoms with van der Waals surface area (Å²) < 4.78 is 0. The van der Waals surface area contributed by atoms with Crippen LogP contribution in [0.25, 0.3) is 0 Å². The molecule has 0 aliphatic heterocycles. The fourth-order valence-corrected chi connectivity index (χ4v) is 1.10. The summed E-state index contributed by atoms with van der Waals surface area (Å²) in [4.78, 5) is 11.9. The van der Waals surface area contributed by atoms with E-state index in [0.29, 0.717) is 0 Å². The normalized spacial score (nSPS) is 9.79. The number of aliphatic carboxylic acids is 1. The fourth-order valence-electron chi connectivity index (χ4n) is 1.10. The molecule has 0 aromatic rings. The Labute approximate surface area is 84.4 Å². The number of nitrogens with zero attached hydrogens (tertiary/aromatic N) is 1. The number of carboxylic acid groups (broad SMARTS) is 1. The van der Waals surface area contributed by atoms with E-state index in [9.17, 15) is 4.79 Å². The molecule has 14 heavy (non-hydrogen) atoms. The summed E-state index contributed by atoms with van der Waals surface area (Å²) in [5.41, 5.74) is 5.25. The summed E-state index contributed by atoms with van der Waals surface area (Å²) in [6.07, 6.45) is 3.86. The zero-order valence-electron chi connectivity index (χ0n) is 8.62. The van der Waals surface area contributed by atoms with Crippen molar-refractivity contribution in [3.63, 3.8) is 0 Å². The molecule has 4 N–H and O–H groups in total. The maximum Gasteiger partial charge on any atom is 0.303 e. The van der Waals surface area contributed by atoms with Crippen LogP contribution in [-0.2, 0) is 4.79 Å². The zero-order valence-corrected chi connectivity index (χ0v) is 8.62. The summed E-state index contributed by atoms with van der Waals surface area (Å²) in [5.74, 6) is -0.651. The zero-order chi connectivity index (χ0) is 11.0. The number of rotatable bonds is 7. The average Bonchev–Trinajstić information content (AvgIpc) is 2.09. The van der Waals surface area contributed by atoms with Crippen LogP contribution in [0.1, 0.15) is 32.1 Å². The van der Waals surface area contributed by atoms with E-state index in [1.54, 1.807) is 11.9 Å². The second-order valence-corrected chi connectivity index (χ2v) is 3.36. The highest BCUT2D eigenvalue weighted by atomic mass is 16.4. The Hall–Kier alpha value is -1.26. The van der Waals surface area contributed by atoms with Crippen LogP contribution < -0.4 is 5.73 Å². The maximum absolute atomic E-state index is 10.2. The van der Waals surface area contributed by atoms with E-state index >= 15 is 0 Å². The first kappa shape index (κ1) is 12.7. The predicted octanol–water partition coefficient (Wildman–Crippen LogP) is 0.847. The van der Waals surface area contributed by atoms with E-state index in [0.717, 1.165) is 32.2 Å². The van der Waals surface area contributed by atoms with E-state index in [4.69, 9.17) is 16.2 Å². The highest BCUT2D eigenvalue weighted by Crippen LogP contribution is 2.03. The average molecular weight is 201 g/mol. The van der Waals surface area contributed by atoms with Gasteiger partial charge >= 0.3 is 5.97 Å². The minimum atomic E-state index is -0.731. The predicted molar refractivity (Wildman–Crippen MR) is 55.3 cm³/mol. The molecule has 0 atom stereocenters. The quantitative estimate of drug-likeness (QED) is 0.323. The Kier molecular flexibility index (Phi) is 6.53. The first-order valence-corrected chi connectivity index (χ1v) is 4.81. The molecule has 0 heterocycles. The number of hydrogen-bond acceptors (Lipinski definition) is 2. The molecule has 0 rings (SSSR count). The molecule has 5 heteroatoms. The van der Waals surface area contributed by atoms with Crippen LogP contribution in [0.15, 0.2) is 0 Å². The standard InChI is InChI=1S/C9H19N3O2/c1-12(9(10)11)7-5-3-2-4-6-8(13)14/h2-7H2,1H3,(H3,10,11)(H,13,14). The first-order valence-electron chi connectivity index (χ1n) is 4.81. The van der Waals surface area contributed by atoms with Crippen LogP contribution in [0.3, 0.4) is 0 Å².